The molecule has 0 aliphatic carbocycles. The number of amides is 1. The number of likely N-dealkylation sites (tertiary alicyclic amines) is 1. The topological polar surface area (TPSA) is 55.6 Å². The molecule has 1 saturated heterocycles. The zero-order valence-corrected chi connectivity index (χ0v) is 12.2. The fraction of sp³-hybridized carbons (Fsp3) is 0.562. The Kier molecular flexibility index (Phi) is 5.15. The average molecular weight is 276 g/mol. The number of carbonyl (C=O) groups is 1. The molecule has 0 bridgehead atoms. The molecule has 1 aromatic carbocycles. The van der Waals surface area contributed by atoms with Crippen molar-refractivity contribution in [2.45, 2.75) is 26.4 Å². The van der Waals surface area contributed by atoms with E-state index in [4.69, 9.17) is 10.5 Å². The summed E-state index contributed by atoms with van der Waals surface area (Å²) in [5.74, 6) is 0.176. The molecule has 0 spiro atoms. The van der Waals surface area contributed by atoms with Crippen molar-refractivity contribution in [1.29, 1.82) is 0 Å². The minimum atomic E-state index is 0.0978. The van der Waals surface area contributed by atoms with Gasteiger partial charge < -0.3 is 15.4 Å². The highest BCUT2D eigenvalue weighted by atomic mass is 16.5. The molecule has 1 fully saturated rings. The third-order valence-electron chi connectivity index (χ3n) is 3.98. The molecular formula is C16H24N2O2. The van der Waals surface area contributed by atoms with Crippen LogP contribution in [0.4, 0.5) is 0 Å². The summed E-state index contributed by atoms with van der Waals surface area (Å²) < 4.78 is 5.56. The van der Waals surface area contributed by atoms with Crippen LogP contribution in [0.2, 0.25) is 0 Å². The summed E-state index contributed by atoms with van der Waals surface area (Å²) >= 11 is 0. The molecule has 1 atom stereocenters. The van der Waals surface area contributed by atoms with Crippen LogP contribution >= 0.6 is 0 Å². The molecule has 0 aromatic heterocycles. The smallest absolute Gasteiger partial charge is 0.224 e. The van der Waals surface area contributed by atoms with Gasteiger partial charge in [0.25, 0.3) is 0 Å². The SMILES string of the molecule is CC1(CN)CCN(C(=O)CCOCc2ccccc2)C1. The zero-order chi connectivity index (χ0) is 14.4. The van der Waals surface area contributed by atoms with Crippen molar-refractivity contribution >= 4 is 5.91 Å². The fourth-order valence-electron chi connectivity index (χ4n) is 2.49. The molecular weight excluding hydrogens is 252 g/mol. The van der Waals surface area contributed by atoms with Gasteiger partial charge >= 0.3 is 0 Å². The van der Waals surface area contributed by atoms with Crippen LogP contribution in [0.25, 0.3) is 0 Å². The van der Waals surface area contributed by atoms with Gasteiger partial charge in [-0.25, -0.2) is 0 Å². The second-order valence-electron chi connectivity index (χ2n) is 5.87. The van der Waals surface area contributed by atoms with Gasteiger partial charge in [-0.15, -0.1) is 0 Å². The molecule has 1 aromatic rings. The van der Waals surface area contributed by atoms with E-state index in [1.165, 1.54) is 0 Å². The van der Waals surface area contributed by atoms with E-state index in [0.717, 1.165) is 25.1 Å². The molecule has 20 heavy (non-hydrogen) atoms. The van der Waals surface area contributed by atoms with Crippen molar-refractivity contribution in [3.63, 3.8) is 0 Å². The summed E-state index contributed by atoms with van der Waals surface area (Å²) in [6.07, 6.45) is 1.45. The first kappa shape index (κ1) is 15.0. The molecule has 1 aliphatic heterocycles. The first-order valence-corrected chi connectivity index (χ1v) is 7.22. The third kappa shape index (κ3) is 4.05. The molecule has 1 heterocycles. The number of ether oxygens (including phenoxy) is 1. The minimum Gasteiger partial charge on any atom is -0.376 e. The lowest BCUT2D eigenvalue weighted by Crippen LogP contribution is -2.34. The lowest BCUT2D eigenvalue weighted by Gasteiger charge is -2.22. The van der Waals surface area contributed by atoms with Gasteiger partial charge in [0.15, 0.2) is 0 Å². The van der Waals surface area contributed by atoms with Crippen molar-refractivity contribution in [3.8, 4) is 0 Å². The number of nitrogens with two attached hydrogens (primary N) is 1. The minimum absolute atomic E-state index is 0.0978. The van der Waals surface area contributed by atoms with E-state index < -0.39 is 0 Å². The van der Waals surface area contributed by atoms with Crippen LogP contribution in [0.3, 0.4) is 0 Å². The first-order valence-electron chi connectivity index (χ1n) is 7.22. The Morgan fingerprint density at radius 2 is 2.15 bits per heavy atom. The number of rotatable bonds is 6. The number of nitrogens with zero attached hydrogens (tertiary/aromatic N) is 1. The van der Waals surface area contributed by atoms with Gasteiger partial charge in [0.1, 0.15) is 0 Å². The highest BCUT2D eigenvalue weighted by Crippen LogP contribution is 2.28. The lowest BCUT2D eigenvalue weighted by molar-refractivity contribution is -0.131. The van der Waals surface area contributed by atoms with Crippen LogP contribution in [0.15, 0.2) is 30.3 Å². The second-order valence-corrected chi connectivity index (χ2v) is 5.87. The molecule has 2 rings (SSSR count). The molecule has 1 amide bonds. The number of carbonyl (C=O) groups excluding carboxylic acids is 1. The monoisotopic (exact) mass is 276 g/mol. The van der Waals surface area contributed by atoms with E-state index >= 15 is 0 Å². The Labute approximate surface area is 120 Å². The van der Waals surface area contributed by atoms with Crippen LogP contribution in [0, 0.1) is 5.41 Å². The fourth-order valence-corrected chi connectivity index (χ4v) is 2.49. The van der Waals surface area contributed by atoms with Gasteiger partial charge in [-0.1, -0.05) is 37.3 Å². The van der Waals surface area contributed by atoms with Crippen LogP contribution < -0.4 is 5.73 Å². The summed E-state index contributed by atoms with van der Waals surface area (Å²) in [6, 6.07) is 10.0. The molecule has 1 aliphatic rings. The average Bonchev–Trinajstić information content (AvgIpc) is 2.88. The third-order valence-corrected chi connectivity index (χ3v) is 3.98. The van der Waals surface area contributed by atoms with Crippen LogP contribution in [-0.2, 0) is 16.1 Å². The standard InChI is InChI=1S/C16H24N2O2/c1-16(12-17)8-9-18(13-16)15(19)7-10-20-11-14-5-3-2-4-6-14/h2-6H,7-13,17H2,1H3. The Balaban J connectivity index is 1.66. The molecule has 4 nitrogen and oxygen atoms in total. The number of benzene rings is 1. The maximum atomic E-state index is 12.1. The predicted molar refractivity (Wildman–Crippen MR) is 79.1 cm³/mol. The van der Waals surface area contributed by atoms with Crippen molar-refractivity contribution in [3.05, 3.63) is 35.9 Å². The van der Waals surface area contributed by atoms with Crippen LogP contribution in [-0.4, -0.2) is 37.0 Å². The summed E-state index contributed by atoms with van der Waals surface area (Å²) in [5.41, 5.74) is 6.99. The van der Waals surface area contributed by atoms with Gasteiger partial charge in [0.05, 0.1) is 19.6 Å². The highest BCUT2D eigenvalue weighted by molar-refractivity contribution is 5.76. The van der Waals surface area contributed by atoms with Crippen molar-refractivity contribution in [1.82, 2.24) is 4.90 Å². The Hall–Kier alpha value is -1.39. The van der Waals surface area contributed by atoms with Crippen molar-refractivity contribution in [2.24, 2.45) is 11.1 Å². The van der Waals surface area contributed by atoms with E-state index in [1.54, 1.807) is 0 Å². The second kappa shape index (κ2) is 6.86. The Morgan fingerprint density at radius 3 is 2.80 bits per heavy atom. The maximum absolute atomic E-state index is 12.1. The number of hydrogen-bond acceptors (Lipinski definition) is 3. The summed E-state index contributed by atoms with van der Waals surface area (Å²) in [6.45, 7) is 5.43. The first-order chi connectivity index (χ1) is 9.63. The van der Waals surface area contributed by atoms with E-state index in [9.17, 15) is 4.79 Å². The van der Waals surface area contributed by atoms with Gasteiger partial charge in [0, 0.05) is 13.1 Å². The van der Waals surface area contributed by atoms with E-state index in [0.29, 0.717) is 26.2 Å². The van der Waals surface area contributed by atoms with Gasteiger partial charge in [-0.05, 0) is 23.9 Å². The Bertz CT molecular complexity index is 435. The Morgan fingerprint density at radius 1 is 1.40 bits per heavy atom. The molecule has 1 unspecified atom stereocenters. The highest BCUT2D eigenvalue weighted by Gasteiger charge is 2.34. The molecule has 0 radical (unpaired) electrons. The van der Waals surface area contributed by atoms with Crippen molar-refractivity contribution < 1.29 is 9.53 Å². The zero-order valence-electron chi connectivity index (χ0n) is 12.2. The van der Waals surface area contributed by atoms with E-state index in [2.05, 4.69) is 6.92 Å². The quantitative estimate of drug-likeness (QED) is 0.806. The van der Waals surface area contributed by atoms with E-state index in [1.807, 2.05) is 35.2 Å². The van der Waals surface area contributed by atoms with Gasteiger partial charge in [0.2, 0.25) is 5.91 Å². The number of hydrogen-bond donors (Lipinski definition) is 1. The van der Waals surface area contributed by atoms with Crippen LogP contribution in [0.5, 0.6) is 0 Å². The lowest BCUT2D eigenvalue weighted by atomic mass is 9.90. The summed E-state index contributed by atoms with van der Waals surface area (Å²) in [7, 11) is 0. The van der Waals surface area contributed by atoms with Crippen LogP contribution in [0.1, 0.15) is 25.3 Å². The van der Waals surface area contributed by atoms with E-state index in [-0.39, 0.29) is 11.3 Å². The van der Waals surface area contributed by atoms with Crippen molar-refractivity contribution in [2.75, 3.05) is 26.2 Å². The maximum Gasteiger partial charge on any atom is 0.224 e. The normalized spacial score (nSPS) is 22.2. The molecule has 2 N–H and O–H groups in total. The molecule has 0 saturated carbocycles. The summed E-state index contributed by atoms with van der Waals surface area (Å²) in [5, 5.41) is 0. The molecule has 4 heteroatoms. The molecule has 110 valence electrons. The van der Waals surface area contributed by atoms with Gasteiger partial charge in [-0.2, -0.15) is 0 Å². The summed E-state index contributed by atoms with van der Waals surface area (Å²) in [4.78, 5) is 14.0. The predicted octanol–water partition coefficient (Wildman–Crippen LogP) is 1.79. The van der Waals surface area contributed by atoms with Gasteiger partial charge in [-0.3, -0.25) is 4.79 Å². The largest absolute Gasteiger partial charge is 0.376 e.